The van der Waals surface area contributed by atoms with E-state index < -0.39 is 28.5 Å². The summed E-state index contributed by atoms with van der Waals surface area (Å²) in [6, 6.07) is 10.1. The first kappa shape index (κ1) is 20.8. The lowest BCUT2D eigenvalue weighted by Crippen LogP contribution is -2.17. The highest BCUT2D eigenvalue weighted by molar-refractivity contribution is 5.73. The number of nitrogens with zero attached hydrogens (tertiary/aromatic N) is 3. The van der Waals surface area contributed by atoms with Gasteiger partial charge in [0.05, 0.1) is 4.92 Å². The second-order valence-corrected chi connectivity index (χ2v) is 5.85. The summed E-state index contributed by atoms with van der Waals surface area (Å²) in [6.07, 6.45) is -3.74. The lowest BCUT2D eigenvalue weighted by atomic mass is 10.2. The molecule has 0 fully saturated rings. The molecule has 2 aromatic carbocycles. The van der Waals surface area contributed by atoms with Gasteiger partial charge in [-0.15, -0.1) is 13.2 Å². The van der Waals surface area contributed by atoms with E-state index in [0.717, 1.165) is 18.5 Å². The van der Waals surface area contributed by atoms with E-state index >= 15 is 0 Å². The van der Waals surface area contributed by atoms with Crippen LogP contribution in [0.4, 0.5) is 40.6 Å². The summed E-state index contributed by atoms with van der Waals surface area (Å²) in [5, 5.41) is 17.0. The first-order valence-corrected chi connectivity index (χ1v) is 8.32. The molecule has 0 amide bonds. The fourth-order valence-corrected chi connectivity index (χ4v) is 2.44. The van der Waals surface area contributed by atoms with Crippen LogP contribution in [0.25, 0.3) is 0 Å². The Morgan fingerprint density at radius 2 is 1.63 bits per heavy atom. The summed E-state index contributed by atoms with van der Waals surface area (Å²) in [4.78, 5) is 18.6. The van der Waals surface area contributed by atoms with Gasteiger partial charge in [-0.1, -0.05) is 12.1 Å². The molecular weight excluding hydrogens is 410 g/mol. The van der Waals surface area contributed by atoms with Crippen LogP contribution in [0.15, 0.2) is 54.9 Å². The summed E-state index contributed by atoms with van der Waals surface area (Å²) < 4.78 is 53.5. The molecule has 12 heteroatoms. The van der Waals surface area contributed by atoms with Crippen molar-refractivity contribution in [3.05, 3.63) is 76.4 Å². The number of ether oxygens (including phenoxy) is 1. The third-order valence-corrected chi connectivity index (χ3v) is 3.73. The van der Waals surface area contributed by atoms with Crippen LogP contribution in [0.1, 0.15) is 5.56 Å². The lowest BCUT2D eigenvalue weighted by molar-refractivity contribution is -0.383. The number of hydrogen-bond acceptors (Lipinski definition) is 7. The molecule has 0 aliphatic heterocycles. The Kier molecular flexibility index (Phi) is 5.95. The van der Waals surface area contributed by atoms with Crippen LogP contribution in [-0.4, -0.2) is 21.3 Å². The predicted molar refractivity (Wildman–Crippen MR) is 98.8 cm³/mol. The summed E-state index contributed by atoms with van der Waals surface area (Å²) in [5.74, 6) is -1.10. The van der Waals surface area contributed by atoms with Gasteiger partial charge in [-0.25, -0.2) is 14.4 Å². The molecule has 0 saturated heterocycles. The van der Waals surface area contributed by atoms with E-state index in [1.165, 1.54) is 36.4 Å². The third kappa shape index (κ3) is 5.53. The van der Waals surface area contributed by atoms with Gasteiger partial charge in [-0.2, -0.15) is 0 Å². The molecule has 8 nitrogen and oxygen atoms in total. The number of nitro groups is 1. The van der Waals surface area contributed by atoms with Crippen LogP contribution in [0, 0.1) is 15.9 Å². The molecule has 1 heterocycles. The van der Waals surface area contributed by atoms with Crippen LogP contribution < -0.4 is 15.4 Å². The molecule has 1 aromatic heterocycles. The normalized spacial score (nSPS) is 11.1. The number of halogens is 4. The van der Waals surface area contributed by atoms with Crippen LogP contribution in [0.2, 0.25) is 0 Å². The molecule has 156 valence electrons. The first-order valence-electron chi connectivity index (χ1n) is 8.32. The minimum atomic E-state index is -4.83. The van der Waals surface area contributed by atoms with E-state index in [0.29, 0.717) is 5.56 Å². The van der Waals surface area contributed by atoms with Crippen molar-refractivity contribution < 1.29 is 27.2 Å². The first-order chi connectivity index (χ1) is 14.2. The van der Waals surface area contributed by atoms with E-state index in [1.807, 2.05) is 0 Å². The molecule has 30 heavy (non-hydrogen) atoms. The van der Waals surface area contributed by atoms with Gasteiger partial charge >= 0.3 is 12.0 Å². The fraction of sp³-hybridized carbons (Fsp3) is 0.111. The van der Waals surface area contributed by atoms with Crippen molar-refractivity contribution >= 4 is 23.0 Å². The zero-order valence-corrected chi connectivity index (χ0v) is 15.0. The highest BCUT2D eigenvalue weighted by Crippen LogP contribution is 2.32. The van der Waals surface area contributed by atoms with Gasteiger partial charge in [0.2, 0.25) is 11.6 Å². The molecule has 3 aromatic rings. The highest BCUT2D eigenvalue weighted by Gasteiger charge is 2.31. The van der Waals surface area contributed by atoms with Crippen LogP contribution >= 0.6 is 0 Å². The maximum Gasteiger partial charge on any atom is 0.573 e. The standard InChI is InChI=1S/C18H13F4N5O3/c19-12-3-1-11(2-4-12)9-23-16-15(27(28)29)17(25-10-24-16)26-13-5-7-14(8-6-13)30-18(20,21)22/h1-8,10H,9H2,(H2,23,24,25,26). The topological polar surface area (TPSA) is 102 Å². The number of nitrogens with one attached hydrogen (secondary N) is 2. The molecule has 0 spiro atoms. The zero-order chi connectivity index (χ0) is 21.7. The third-order valence-electron chi connectivity index (χ3n) is 3.73. The van der Waals surface area contributed by atoms with E-state index in [4.69, 9.17) is 0 Å². The van der Waals surface area contributed by atoms with Crippen molar-refractivity contribution in [3.63, 3.8) is 0 Å². The summed E-state index contributed by atoms with van der Waals surface area (Å²) >= 11 is 0. The number of benzene rings is 2. The van der Waals surface area contributed by atoms with Gasteiger partial charge in [-0.05, 0) is 42.0 Å². The summed E-state index contributed by atoms with van der Waals surface area (Å²) in [6.45, 7) is 0.140. The molecule has 3 rings (SSSR count). The van der Waals surface area contributed by atoms with Gasteiger partial charge in [0.25, 0.3) is 0 Å². The second kappa shape index (κ2) is 8.59. The van der Waals surface area contributed by atoms with Crippen molar-refractivity contribution in [3.8, 4) is 5.75 Å². The quantitative estimate of drug-likeness (QED) is 0.320. The van der Waals surface area contributed by atoms with Gasteiger partial charge in [-0.3, -0.25) is 10.1 Å². The highest BCUT2D eigenvalue weighted by atomic mass is 19.4. The average Bonchev–Trinajstić information content (AvgIpc) is 2.68. The Balaban J connectivity index is 1.78. The average molecular weight is 423 g/mol. The molecular formula is C18H13F4N5O3. The van der Waals surface area contributed by atoms with Crippen LogP contribution in [0.5, 0.6) is 5.75 Å². The predicted octanol–water partition coefficient (Wildman–Crippen LogP) is 4.78. The number of hydrogen-bond donors (Lipinski definition) is 2. The molecule has 0 saturated carbocycles. The number of aromatic nitrogens is 2. The Labute approximate surface area is 166 Å². The molecule has 0 bridgehead atoms. The Bertz CT molecular complexity index is 1030. The van der Waals surface area contributed by atoms with Crippen molar-refractivity contribution in [1.29, 1.82) is 0 Å². The van der Waals surface area contributed by atoms with Gasteiger partial charge < -0.3 is 15.4 Å². The Morgan fingerprint density at radius 1 is 1.00 bits per heavy atom. The minimum Gasteiger partial charge on any atom is -0.406 e. The number of alkyl halides is 3. The maximum absolute atomic E-state index is 13.0. The molecule has 0 aliphatic rings. The molecule has 0 radical (unpaired) electrons. The molecule has 2 N–H and O–H groups in total. The smallest absolute Gasteiger partial charge is 0.406 e. The van der Waals surface area contributed by atoms with E-state index in [1.54, 1.807) is 0 Å². The van der Waals surface area contributed by atoms with Crippen molar-refractivity contribution in [2.24, 2.45) is 0 Å². The fourth-order valence-electron chi connectivity index (χ4n) is 2.44. The van der Waals surface area contributed by atoms with Crippen LogP contribution in [-0.2, 0) is 6.54 Å². The number of anilines is 3. The molecule has 0 unspecified atom stereocenters. The van der Waals surface area contributed by atoms with Gasteiger partial charge in [0.1, 0.15) is 17.9 Å². The van der Waals surface area contributed by atoms with Crippen molar-refractivity contribution in [2.45, 2.75) is 12.9 Å². The van der Waals surface area contributed by atoms with Crippen LogP contribution in [0.3, 0.4) is 0 Å². The summed E-state index contributed by atoms with van der Waals surface area (Å²) in [5.41, 5.74) is 0.449. The maximum atomic E-state index is 13.0. The van der Waals surface area contributed by atoms with E-state index in [9.17, 15) is 27.7 Å². The van der Waals surface area contributed by atoms with E-state index in [2.05, 4.69) is 25.3 Å². The van der Waals surface area contributed by atoms with E-state index in [-0.39, 0.29) is 23.9 Å². The largest absolute Gasteiger partial charge is 0.573 e. The Hall–Kier alpha value is -3.96. The monoisotopic (exact) mass is 423 g/mol. The Morgan fingerprint density at radius 3 is 2.23 bits per heavy atom. The van der Waals surface area contributed by atoms with Crippen molar-refractivity contribution in [2.75, 3.05) is 10.6 Å². The minimum absolute atomic E-state index is 0.0844. The second-order valence-electron chi connectivity index (χ2n) is 5.85. The molecule has 0 atom stereocenters. The summed E-state index contributed by atoms with van der Waals surface area (Å²) in [7, 11) is 0. The van der Waals surface area contributed by atoms with Crippen molar-refractivity contribution in [1.82, 2.24) is 9.97 Å². The van der Waals surface area contributed by atoms with Gasteiger partial charge in [0.15, 0.2) is 0 Å². The lowest BCUT2D eigenvalue weighted by Gasteiger charge is -2.11. The SMILES string of the molecule is O=[N+]([O-])c1c(NCc2ccc(F)cc2)ncnc1Nc1ccc(OC(F)(F)F)cc1. The molecule has 0 aliphatic carbocycles. The zero-order valence-electron chi connectivity index (χ0n) is 15.0. The number of rotatable bonds is 7. The van der Waals surface area contributed by atoms with Gasteiger partial charge in [0, 0.05) is 12.2 Å².